The summed E-state index contributed by atoms with van der Waals surface area (Å²) in [5.74, 6) is 1.56. The number of aliphatic hydroxyl groups is 1. The van der Waals surface area contributed by atoms with Crippen LogP contribution in [0.4, 0.5) is 0 Å². The van der Waals surface area contributed by atoms with Crippen LogP contribution in [0.2, 0.25) is 0 Å². The fourth-order valence-corrected chi connectivity index (χ4v) is 5.57. The molecule has 1 aromatic rings. The lowest BCUT2D eigenvalue weighted by Crippen LogP contribution is -2.43. The summed E-state index contributed by atoms with van der Waals surface area (Å²) in [5.41, 5.74) is -0.540. The zero-order chi connectivity index (χ0) is 15.4. The van der Waals surface area contributed by atoms with Crippen molar-refractivity contribution in [1.29, 1.82) is 0 Å². The third-order valence-electron chi connectivity index (χ3n) is 4.63. The third-order valence-corrected chi connectivity index (χ3v) is 6.20. The summed E-state index contributed by atoms with van der Waals surface area (Å²) in [6.45, 7) is 3.15. The minimum absolute atomic E-state index is 0.540. The highest BCUT2D eigenvalue weighted by Gasteiger charge is 2.41. The molecule has 122 valence electrons. The lowest BCUT2D eigenvalue weighted by Gasteiger charge is -2.43. The summed E-state index contributed by atoms with van der Waals surface area (Å²) >= 11 is 2.09. The number of fused-ring (bicyclic) bond motifs is 2. The molecule has 2 atom stereocenters. The predicted octanol–water partition coefficient (Wildman–Crippen LogP) is 4.03. The van der Waals surface area contributed by atoms with Gasteiger partial charge >= 0.3 is 0 Å². The van der Waals surface area contributed by atoms with Gasteiger partial charge in [0.25, 0.3) is 0 Å². The van der Waals surface area contributed by atoms with Gasteiger partial charge in [-0.15, -0.1) is 0 Å². The summed E-state index contributed by atoms with van der Waals surface area (Å²) < 4.78 is 11.5. The van der Waals surface area contributed by atoms with E-state index in [1.165, 1.54) is 19.3 Å². The van der Waals surface area contributed by atoms with Crippen LogP contribution in [0.3, 0.4) is 0 Å². The Bertz CT molecular complexity index is 479. The van der Waals surface area contributed by atoms with Crippen LogP contribution in [0.25, 0.3) is 0 Å². The predicted molar refractivity (Wildman–Crippen MR) is 90.9 cm³/mol. The number of benzene rings is 1. The van der Waals surface area contributed by atoms with Crippen LogP contribution in [0, 0.1) is 0 Å². The Balaban J connectivity index is 1.54. The number of para-hydroxylation sites is 2. The molecule has 2 heterocycles. The highest BCUT2D eigenvalue weighted by molar-refractivity contribution is 8.00. The van der Waals surface area contributed by atoms with Crippen LogP contribution in [0.5, 0.6) is 11.5 Å². The molecule has 3 nitrogen and oxygen atoms in total. The van der Waals surface area contributed by atoms with Crippen molar-refractivity contribution in [2.45, 2.75) is 61.5 Å². The van der Waals surface area contributed by atoms with Crippen molar-refractivity contribution >= 4 is 11.8 Å². The fraction of sp³-hybridized carbons (Fsp3) is 0.667. The van der Waals surface area contributed by atoms with Crippen molar-refractivity contribution < 1.29 is 14.6 Å². The summed E-state index contributed by atoms with van der Waals surface area (Å²) in [6, 6.07) is 7.76. The molecule has 0 spiro atoms. The summed E-state index contributed by atoms with van der Waals surface area (Å²) in [6.07, 6.45) is 6.40. The molecular weight excluding hydrogens is 296 g/mol. The molecule has 4 heteroatoms. The lowest BCUT2D eigenvalue weighted by atomic mass is 9.83. The lowest BCUT2D eigenvalue weighted by molar-refractivity contribution is -0.00600. The molecule has 22 heavy (non-hydrogen) atoms. The first-order chi connectivity index (χ1) is 10.7. The molecule has 2 fully saturated rings. The summed E-state index contributed by atoms with van der Waals surface area (Å²) in [7, 11) is 0. The van der Waals surface area contributed by atoms with Gasteiger partial charge < -0.3 is 14.6 Å². The molecule has 0 aromatic heterocycles. The smallest absolute Gasteiger partial charge is 0.161 e. The van der Waals surface area contributed by atoms with E-state index >= 15 is 0 Å². The zero-order valence-electron chi connectivity index (χ0n) is 13.3. The van der Waals surface area contributed by atoms with Gasteiger partial charge in [0.1, 0.15) is 0 Å². The Morgan fingerprint density at radius 3 is 2.41 bits per heavy atom. The van der Waals surface area contributed by atoms with Gasteiger partial charge in [0.05, 0.1) is 18.8 Å². The first-order valence-corrected chi connectivity index (χ1v) is 9.35. The number of hydrogen-bond acceptors (Lipinski definition) is 4. The number of thioether (sulfide) groups is 1. The highest BCUT2D eigenvalue weighted by atomic mass is 32.2. The molecule has 0 radical (unpaired) electrons. The Hall–Kier alpha value is -0.870. The van der Waals surface area contributed by atoms with E-state index in [4.69, 9.17) is 9.47 Å². The number of hydrogen-bond donors (Lipinski definition) is 1. The van der Waals surface area contributed by atoms with E-state index < -0.39 is 5.60 Å². The van der Waals surface area contributed by atoms with Crippen molar-refractivity contribution in [3.05, 3.63) is 24.3 Å². The van der Waals surface area contributed by atoms with E-state index in [0.717, 1.165) is 24.3 Å². The molecule has 2 bridgehead atoms. The average Bonchev–Trinajstić information content (AvgIpc) is 2.48. The van der Waals surface area contributed by atoms with Gasteiger partial charge in [-0.3, -0.25) is 0 Å². The average molecular weight is 322 g/mol. The Morgan fingerprint density at radius 1 is 1.14 bits per heavy atom. The molecule has 0 aliphatic carbocycles. The van der Waals surface area contributed by atoms with E-state index in [2.05, 4.69) is 11.8 Å². The summed E-state index contributed by atoms with van der Waals surface area (Å²) in [4.78, 5) is 0. The molecule has 0 saturated carbocycles. The van der Waals surface area contributed by atoms with Crippen LogP contribution in [0.15, 0.2) is 24.3 Å². The topological polar surface area (TPSA) is 38.7 Å². The van der Waals surface area contributed by atoms with Crippen LogP contribution < -0.4 is 9.47 Å². The second-order valence-electron chi connectivity index (χ2n) is 6.42. The molecule has 0 amide bonds. The molecule has 1 N–H and O–H groups in total. The largest absolute Gasteiger partial charge is 0.490 e. The quantitative estimate of drug-likeness (QED) is 0.858. The molecule has 2 aliphatic rings. The minimum atomic E-state index is -0.540. The molecule has 1 aromatic carbocycles. The first-order valence-electron chi connectivity index (χ1n) is 8.41. The fourth-order valence-electron chi connectivity index (χ4n) is 3.61. The molecule has 2 aliphatic heterocycles. The maximum Gasteiger partial charge on any atom is 0.161 e. The Kier molecular flexibility index (Phi) is 5.19. The standard InChI is InChI=1S/C18H26O3S/c1-2-20-16-8-3-4-9-17(16)21-11-10-18(19)12-14-6-5-7-15(13-18)22-14/h3-4,8-9,14-15,19H,2,5-7,10-13H2,1H3. The van der Waals surface area contributed by atoms with E-state index in [1.807, 2.05) is 31.2 Å². The van der Waals surface area contributed by atoms with E-state index in [-0.39, 0.29) is 0 Å². The highest BCUT2D eigenvalue weighted by Crippen LogP contribution is 2.46. The minimum Gasteiger partial charge on any atom is -0.490 e. The van der Waals surface area contributed by atoms with Crippen molar-refractivity contribution in [2.75, 3.05) is 13.2 Å². The first kappa shape index (κ1) is 16.0. The summed E-state index contributed by atoms with van der Waals surface area (Å²) in [5, 5.41) is 12.2. The Labute approximate surface area is 137 Å². The van der Waals surface area contributed by atoms with Gasteiger partial charge in [-0.2, -0.15) is 11.8 Å². The monoisotopic (exact) mass is 322 g/mol. The van der Waals surface area contributed by atoms with Gasteiger partial charge in [-0.05, 0) is 44.7 Å². The number of ether oxygens (including phenoxy) is 2. The molecule has 3 rings (SSSR count). The van der Waals surface area contributed by atoms with E-state index in [1.54, 1.807) is 0 Å². The molecular formula is C18H26O3S. The maximum absolute atomic E-state index is 10.9. The van der Waals surface area contributed by atoms with Gasteiger partial charge in [-0.1, -0.05) is 18.6 Å². The van der Waals surface area contributed by atoms with Crippen LogP contribution in [0.1, 0.15) is 45.4 Å². The van der Waals surface area contributed by atoms with Crippen LogP contribution in [-0.2, 0) is 0 Å². The number of rotatable bonds is 6. The second-order valence-corrected chi connectivity index (χ2v) is 8.03. The van der Waals surface area contributed by atoms with E-state index in [9.17, 15) is 5.11 Å². The van der Waals surface area contributed by atoms with Crippen molar-refractivity contribution in [3.63, 3.8) is 0 Å². The van der Waals surface area contributed by atoms with Gasteiger partial charge in [0, 0.05) is 16.9 Å². The SMILES string of the molecule is CCOc1ccccc1OCCC1(O)CC2CCCC(C1)S2. The molecule has 2 unspecified atom stereocenters. The van der Waals surface area contributed by atoms with E-state index in [0.29, 0.717) is 30.1 Å². The van der Waals surface area contributed by atoms with Crippen molar-refractivity contribution in [3.8, 4) is 11.5 Å². The maximum atomic E-state index is 10.9. The van der Waals surface area contributed by atoms with Crippen molar-refractivity contribution in [1.82, 2.24) is 0 Å². The van der Waals surface area contributed by atoms with Gasteiger partial charge in [-0.25, -0.2) is 0 Å². The van der Waals surface area contributed by atoms with Crippen LogP contribution in [-0.4, -0.2) is 34.4 Å². The van der Waals surface area contributed by atoms with Crippen LogP contribution >= 0.6 is 11.8 Å². The third kappa shape index (κ3) is 3.90. The second kappa shape index (κ2) is 7.14. The van der Waals surface area contributed by atoms with Gasteiger partial charge in [0.15, 0.2) is 11.5 Å². The Morgan fingerprint density at radius 2 is 1.77 bits per heavy atom. The molecule has 2 saturated heterocycles. The van der Waals surface area contributed by atoms with Gasteiger partial charge in [0.2, 0.25) is 0 Å². The van der Waals surface area contributed by atoms with Crippen molar-refractivity contribution in [2.24, 2.45) is 0 Å². The normalized spacial score (nSPS) is 30.8. The zero-order valence-corrected chi connectivity index (χ0v) is 14.1.